The lowest BCUT2D eigenvalue weighted by Gasteiger charge is -2.08. The summed E-state index contributed by atoms with van der Waals surface area (Å²) in [5.41, 5.74) is 2.44. The molecule has 0 unspecified atom stereocenters. The van der Waals surface area contributed by atoms with E-state index in [9.17, 15) is 4.79 Å². The summed E-state index contributed by atoms with van der Waals surface area (Å²) in [5, 5.41) is 10.2. The number of nitrogens with one attached hydrogen (secondary N) is 2. The van der Waals surface area contributed by atoms with Crippen LogP contribution in [0.2, 0.25) is 5.02 Å². The fourth-order valence-electron chi connectivity index (χ4n) is 2.24. The standard InChI is InChI=1S/C19H19ClN4O2/c1-12(2)17-23-18(26-24-17)14-5-9-16(10-6-14)22-19(25)21-11-13-3-7-15(20)8-4-13/h3-10,12H,11H2,1-2H3,(H2,21,22,25). The summed E-state index contributed by atoms with van der Waals surface area (Å²) >= 11 is 5.84. The van der Waals surface area contributed by atoms with Gasteiger partial charge in [-0.1, -0.05) is 42.7 Å². The number of carbonyl (C=O) groups excluding carboxylic acids is 1. The van der Waals surface area contributed by atoms with E-state index >= 15 is 0 Å². The molecule has 0 radical (unpaired) electrons. The molecule has 26 heavy (non-hydrogen) atoms. The molecule has 0 fully saturated rings. The number of urea groups is 1. The van der Waals surface area contributed by atoms with Gasteiger partial charge in [-0.25, -0.2) is 4.79 Å². The van der Waals surface area contributed by atoms with E-state index in [0.29, 0.717) is 29.0 Å². The Morgan fingerprint density at radius 3 is 2.42 bits per heavy atom. The number of rotatable bonds is 5. The maximum atomic E-state index is 12.0. The molecule has 3 rings (SSSR count). The van der Waals surface area contributed by atoms with Gasteiger partial charge < -0.3 is 15.2 Å². The molecule has 0 bridgehead atoms. The van der Waals surface area contributed by atoms with E-state index in [1.54, 1.807) is 24.3 Å². The Kier molecular flexibility index (Phi) is 5.53. The van der Waals surface area contributed by atoms with Gasteiger partial charge in [0, 0.05) is 28.7 Å². The van der Waals surface area contributed by atoms with Gasteiger partial charge in [0.2, 0.25) is 0 Å². The molecule has 0 atom stereocenters. The fraction of sp³-hybridized carbons (Fsp3) is 0.211. The molecule has 134 valence electrons. The van der Waals surface area contributed by atoms with E-state index in [0.717, 1.165) is 11.1 Å². The zero-order chi connectivity index (χ0) is 18.5. The molecule has 0 aliphatic heterocycles. The van der Waals surface area contributed by atoms with Crippen LogP contribution in [-0.2, 0) is 6.54 Å². The van der Waals surface area contributed by atoms with Crippen molar-refractivity contribution in [2.45, 2.75) is 26.3 Å². The minimum Gasteiger partial charge on any atom is -0.334 e. The van der Waals surface area contributed by atoms with Crippen LogP contribution in [0.4, 0.5) is 10.5 Å². The summed E-state index contributed by atoms with van der Waals surface area (Å²) in [6, 6.07) is 14.3. The van der Waals surface area contributed by atoms with Gasteiger partial charge in [-0.2, -0.15) is 4.98 Å². The Bertz CT molecular complexity index is 873. The number of benzene rings is 2. The highest BCUT2D eigenvalue weighted by Gasteiger charge is 2.11. The molecule has 0 spiro atoms. The third-order valence-corrected chi connectivity index (χ3v) is 3.97. The normalized spacial score (nSPS) is 10.8. The SMILES string of the molecule is CC(C)c1noc(-c2ccc(NC(=O)NCc3ccc(Cl)cc3)cc2)n1. The number of nitrogens with zero attached hydrogens (tertiary/aromatic N) is 2. The molecule has 2 N–H and O–H groups in total. The maximum Gasteiger partial charge on any atom is 0.319 e. The highest BCUT2D eigenvalue weighted by molar-refractivity contribution is 6.30. The van der Waals surface area contributed by atoms with E-state index in [1.165, 1.54) is 0 Å². The number of hydrogen-bond acceptors (Lipinski definition) is 4. The van der Waals surface area contributed by atoms with E-state index in [4.69, 9.17) is 16.1 Å². The second-order valence-corrected chi connectivity index (χ2v) is 6.56. The molecule has 0 saturated carbocycles. The smallest absolute Gasteiger partial charge is 0.319 e. The molecule has 1 aromatic heterocycles. The second-order valence-electron chi connectivity index (χ2n) is 6.12. The molecule has 2 aromatic carbocycles. The van der Waals surface area contributed by atoms with Crippen molar-refractivity contribution in [2.24, 2.45) is 0 Å². The van der Waals surface area contributed by atoms with E-state index < -0.39 is 0 Å². The molecule has 6 nitrogen and oxygen atoms in total. The van der Waals surface area contributed by atoms with Crippen LogP contribution in [0.25, 0.3) is 11.5 Å². The zero-order valence-corrected chi connectivity index (χ0v) is 15.2. The molecule has 0 aliphatic carbocycles. The van der Waals surface area contributed by atoms with Gasteiger partial charge in [0.25, 0.3) is 5.89 Å². The Morgan fingerprint density at radius 2 is 1.81 bits per heavy atom. The van der Waals surface area contributed by atoms with Gasteiger partial charge in [0.15, 0.2) is 5.82 Å². The summed E-state index contributed by atoms with van der Waals surface area (Å²) in [5.74, 6) is 1.34. The Morgan fingerprint density at radius 1 is 1.12 bits per heavy atom. The maximum absolute atomic E-state index is 12.0. The largest absolute Gasteiger partial charge is 0.334 e. The number of halogens is 1. The zero-order valence-electron chi connectivity index (χ0n) is 14.5. The molecule has 3 aromatic rings. The molecule has 2 amide bonds. The lowest BCUT2D eigenvalue weighted by molar-refractivity contribution is 0.251. The predicted octanol–water partition coefficient (Wildman–Crippen LogP) is 4.84. The van der Waals surface area contributed by atoms with Crippen molar-refractivity contribution in [3.05, 3.63) is 64.9 Å². The third-order valence-electron chi connectivity index (χ3n) is 3.71. The summed E-state index contributed by atoms with van der Waals surface area (Å²) < 4.78 is 5.26. The average Bonchev–Trinajstić information content (AvgIpc) is 3.12. The van der Waals surface area contributed by atoms with Crippen molar-refractivity contribution in [3.63, 3.8) is 0 Å². The molecule has 0 aliphatic rings. The van der Waals surface area contributed by atoms with Gasteiger partial charge in [-0.15, -0.1) is 0 Å². The first kappa shape index (κ1) is 17.9. The van der Waals surface area contributed by atoms with Gasteiger partial charge in [-0.3, -0.25) is 0 Å². The average molecular weight is 371 g/mol. The van der Waals surface area contributed by atoms with Crippen molar-refractivity contribution < 1.29 is 9.32 Å². The van der Waals surface area contributed by atoms with E-state index in [1.807, 2.05) is 38.1 Å². The first-order chi connectivity index (χ1) is 12.5. The van der Waals surface area contributed by atoms with Crippen LogP contribution in [0, 0.1) is 0 Å². The van der Waals surface area contributed by atoms with Crippen LogP contribution in [-0.4, -0.2) is 16.2 Å². The molecular formula is C19H19ClN4O2. The van der Waals surface area contributed by atoms with Crippen molar-refractivity contribution in [3.8, 4) is 11.5 Å². The van der Waals surface area contributed by atoms with Crippen LogP contribution in [0.1, 0.15) is 31.2 Å². The number of hydrogen-bond donors (Lipinski definition) is 2. The Labute approximate surface area is 156 Å². The van der Waals surface area contributed by atoms with Crippen LogP contribution in [0.15, 0.2) is 53.1 Å². The monoisotopic (exact) mass is 370 g/mol. The van der Waals surface area contributed by atoms with Crippen LogP contribution in [0.5, 0.6) is 0 Å². The fourth-order valence-corrected chi connectivity index (χ4v) is 2.37. The number of anilines is 1. The number of carbonyl (C=O) groups is 1. The third kappa shape index (κ3) is 4.61. The Balaban J connectivity index is 1.56. The summed E-state index contributed by atoms with van der Waals surface area (Å²) in [6.07, 6.45) is 0. The lowest BCUT2D eigenvalue weighted by atomic mass is 10.2. The summed E-state index contributed by atoms with van der Waals surface area (Å²) in [6.45, 7) is 4.43. The minimum absolute atomic E-state index is 0.206. The minimum atomic E-state index is -0.285. The van der Waals surface area contributed by atoms with Crippen molar-refractivity contribution in [1.82, 2.24) is 15.5 Å². The quantitative estimate of drug-likeness (QED) is 0.673. The number of aromatic nitrogens is 2. The predicted molar refractivity (Wildman–Crippen MR) is 101 cm³/mol. The van der Waals surface area contributed by atoms with E-state index in [2.05, 4.69) is 20.8 Å². The van der Waals surface area contributed by atoms with Gasteiger partial charge in [0.1, 0.15) is 0 Å². The van der Waals surface area contributed by atoms with E-state index in [-0.39, 0.29) is 11.9 Å². The van der Waals surface area contributed by atoms with Crippen molar-refractivity contribution >= 4 is 23.3 Å². The van der Waals surface area contributed by atoms with Gasteiger partial charge in [0.05, 0.1) is 0 Å². The van der Waals surface area contributed by atoms with Crippen LogP contribution in [0.3, 0.4) is 0 Å². The summed E-state index contributed by atoms with van der Waals surface area (Å²) in [7, 11) is 0. The lowest BCUT2D eigenvalue weighted by Crippen LogP contribution is -2.28. The molecule has 7 heteroatoms. The van der Waals surface area contributed by atoms with Crippen LogP contribution >= 0.6 is 11.6 Å². The number of amides is 2. The molecule has 1 heterocycles. The molecule has 0 saturated heterocycles. The van der Waals surface area contributed by atoms with Gasteiger partial charge in [-0.05, 0) is 42.0 Å². The van der Waals surface area contributed by atoms with Gasteiger partial charge >= 0.3 is 6.03 Å². The highest BCUT2D eigenvalue weighted by Crippen LogP contribution is 2.21. The first-order valence-electron chi connectivity index (χ1n) is 8.24. The topological polar surface area (TPSA) is 80.0 Å². The van der Waals surface area contributed by atoms with Crippen molar-refractivity contribution in [1.29, 1.82) is 0 Å². The van der Waals surface area contributed by atoms with Crippen LogP contribution < -0.4 is 10.6 Å². The highest BCUT2D eigenvalue weighted by atomic mass is 35.5. The molecular weight excluding hydrogens is 352 g/mol. The second kappa shape index (κ2) is 8.01. The first-order valence-corrected chi connectivity index (χ1v) is 8.62. The van der Waals surface area contributed by atoms with Crippen molar-refractivity contribution in [2.75, 3.05) is 5.32 Å². The summed E-state index contributed by atoms with van der Waals surface area (Å²) in [4.78, 5) is 16.3. The Hall–Kier alpha value is -2.86.